The fourth-order valence-corrected chi connectivity index (χ4v) is 4.65. The summed E-state index contributed by atoms with van der Waals surface area (Å²) in [5.41, 5.74) is 7.05. The maximum Gasteiger partial charge on any atom is 0.131 e. The number of nitrogens with zero attached hydrogens (tertiary/aromatic N) is 3. The van der Waals surface area contributed by atoms with Crippen LogP contribution in [0.4, 0.5) is 0 Å². The van der Waals surface area contributed by atoms with Crippen molar-refractivity contribution < 1.29 is 0 Å². The van der Waals surface area contributed by atoms with E-state index in [2.05, 4.69) is 28.9 Å². The third-order valence-corrected chi connectivity index (χ3v) is 6.03. The molecule has 0 aromatic carbocycles. The lowest BCUT2D eigenvalue weighted by molar-refractivity contribution is 0.278. The van der Waals surface area contributed by atoms with Crippen molar-refractivity contribution in [1.82, 2.24) is 10.6 Å². The van der Waals surface area contributed by atoms with E-state index in [0.717, 1.165) is 51.4 Å². The summed E-state index contributed by atoms with van der Waals surface area (Å²) >= 11 is 0. The zero-order valence-corrected chi connectivity index (χ0v) is 14.8. The van der Waals surface area contributed by atoms with Gasteiger partial charge in [-0.2, -0.15) is 0 Å². The summed E-state index contributed by atoms with van der Waals surface area (Å²) in [5.74, 6) is 0. The van der Waals surface area contributed by atoms with Gasteiger partial charge < -0.3 is 5.32 Å². The van der Waals surface area contributed by atoms with E-state index in [0.29, 0.717) is 6.04 Å². The molecule has 1 fully saturated rings. The van der Waals surface area contributed by atoms with E-state index in [1.165, 1.54) is 34.2 Å². The van der Waals surface area contributed by atoms with Gasteiger partial charge in [-0.05, 0) is 76.6 Å². The lowest BCUT2D eigenvalue weighted by Gasteiger charge is -2.32. The van der Waals surface area contributed by atoms with Crippen LogP contribution in [0.15, 0.2) is 50.3 Å². The van der Waals surface area contributed by atoms with Crippen molar-refractivity contribution in [1.29, 1.82) is 0 Å². The summed E-state index contributed by atoms with van der Waals surface area (Å²) in [4.78, 5) is 14.8. The smallest absolute Gasteiger partial charge is 0.131 e. The third kappa shape index (κ3) is 2.71. The van der Waals surface area contributed by atoms with Crippen LogP contribution in [0, 0.1) is 0 Å². The Kier molecular flexibility index (Phi) is 3.52. The Morgan fingerprint density at radius 1 is 0.920 bits per heavy atom. The van der Waals surface area contributed by atoms with Crippen LogP contribution < -0.4 is 10.6 Å². The van der Waals surface area contributed by atoms with E-state index >= 15 is 0 Å². The normalized spacial score (nSPS) is 33.4. The number of hydrogen-bond donors (Lipinski definition) is 2. The third-order valence-electron chi connectivity index (χ3n) is 6.03. The highest BCUT2D eigenvalue weighted by Crippen LogP contribution is 2.35. The second kappa shape index (κ2) is 5.77. The molecule has 25 heavy (non-hydrogen) atoms. The quantitative estimate of drug-likeness (QED) is 0.774. The molecule has 5 aliphatic heterocycles. The molecule has 0 aliphatic carbocycles. The molecule has 2 N–H and O–H groups in total. The van der Waals surface area contributed by atoms with Crippen LogP contribution in [0.1, 0.15) is 51.4 Å². The molecule has 5 rings (SSSR count). The van der Waals surface area contributed by atoms with Crippen molar-refractivity contribution in [3.63, 3.8) is 0 Å². The summed E-state index contributed by atoms with van der Waals surface area (Å²) in [6.07, 6.45) is 15.1. The maximum absolute atomic E-state index is 5.12. The van der Waals surface area contributed by atoms with E-state index in [1.54, 1.807) is 0 Å². The molecule has 0 saturated carbocycles. The van der Waals surface area contributed by atoms with E-state index in [-0.39, 0.29) is 5.66 Å². The number of rotatable bonds is 1. The molecule has 0 aromatic rings. The van der Waals surface area contributed by atoms with Crippen LogP contribution in [-0.4, -0.2) is 35.9 Å². The molecule has 0 radical (unpaired) electrons. The number of likely N-dealkylation sites (N-methyl/N-ethyl adjacent to an activating group) is 1. The highest BCUT2D eigenvalue weighted by Gasteiger charge is 2.43. The first-order valence-corrected chi connectivity index (χ1v) is 9.53. The van der Waals surface area contributed by atoms with Crippen molar-refractivity contribution in [3.8, 4) is 0 Å². The van der Waals surface area contributed by atoms with Crippen molar-refractivity contribution in [3.05, 3.63) is 35.3 Å². The Morgan fingerprint density at radius 3 is 2.40 bits per heavy atom. The standard InChI is InChI=1S/C20H25N5/c1-21-20-9-8-18(25-20)12-16-5-4-14(23-16)10-13-2-3-15(22-13)11-17-6-7-19(20)24-17/h10-12,19,21,24H,2-9H2,1H3. The van der Waals surface area contributed by atoms with Crippen molar-refractivity contribution in [2.24, 2.45) is 15.0 Å². The minimum atomic E-state index is -0.186. The Hall–Kier alpha value is -2.01. The van der Waals surface area contributed by atoms with Gasteiger partial charge >= 0.3 is 0 Å². The van der Waals surface area contributed by atoms with Gasteiger partial charge in [-0.25, -0.2) is 0 Å². The summed E-state index contributed by atoms with van der Waals surface area (Å²) in [6.45, 7) is 0. The lowest BCUT2D eigenvalue weighted by Crippen LogP contribution is -2.53. The van der Waals surface area contributed by atoms with Crippen LogP contribution in [0.5, 0.6) is 0 Å². The van der Waals surface area contributed by atoms with Crippen molar-refractivity contribution in [2.75, 3.05) is 7.05 Å². The molecule has 0 aromatic heterocycles. The fourth-order valence-electron chi connectivity index (χ4n) is 4.65. The van der Waals surface area contributed by atoms with Gasteiger partial charge in [0.25, 0.3) is 0 Å². The average Bonchev–Trinajstić information content (AvgIpc) is 3.37. The molecule has 2 unspecified atom stereocenters. The Bertz CT molecular complexity index is 795. The van der Waals surface area contributed by atoms with Gasteiger partial charge in [0, 0.05) is 34.2 Å². The SMILES string of the molecule is CNC12CCC(=N1)C=C1CCC(=N1)C=C1CCC(=N1)C=C1CCC2N1. The van der Waals surface area contributed by atoms with Crippen LogP contribution in [-0.2, 0) is 0 Å². The maximum atomic E-state index is 5.12. The first kappa shape index (κ1) is 15.3. The Balaban J connectivity index is 1.59. The monoisotopic (exact) mass is 335 g/mol. The van der Waals surface area contributed by atoms with E-state index in [4.69, 9.17) is 15.0 Å². The van der Waals surface area contributed by atoms with Crippen molar-refractivity contribution in [2.45, 2.75) is 63.1 Å². The van der Waals surface area contributed by atoms with Gasteiger partial charge in [0.15, 0.2) is 0 Å². The number of aliphatic imine (C=N–C) groups is 3. The summed E-state index contributed by atoms with van der Waals surface area (Å²) in [5, 5.41) is 7.26. The van der Waals surface area contributed by atoms with Crippen LogP contribution in [0.3, 0.4) is 0 Å². The molecular formula is C20H25N5. The molecule has 2 atom stereocenters. The van der Waals surface area contributed by atoms with Gasteiger partial charge in [-0.1, -0.05) is 0 Å². The van der Waals surface area contributed by atoms with Gasteiger partial charge in [0.05, 0.1) is 6.04 Å². The lowest BCUT2D eigenvalue weighted by atomic mass is 9.96. The van der Waals surface area contributed by atoms with E-state index in [9.17, 15) is 0 Å². The molecule has 0 amide bonds. The second-order valence-electron chi connectivity index (χ2n) is 7.66. The van der Waals surface area contributed by atoms with Crippen molar-refractivity contribution >= 4 is 17.1 Å². The minimum Gasteiger partial charge on any atom is -0.382 e. The second-order valence-corrected chi connectivity index (χ2v) is 7.66. The summed E-state index contributed by atoms with van der Waals surface area (Å²) in [7, 11) is 2.04. The number of nitrogens with one attached hydrogen (secondary N) is 2. The van der Waals surface area contributed by atoms with Gasteiger partial charge in [0.1, 0.15) is 5.66 Å². The predicted octanol–water partition coefficient (Wildman–Crippen LogP) is 3.02. The number of allylic oxidation sites excluding steroid dienone is 6. The molecule has 5 nitrogen and oxygen atoms in total. The zero-order valence-electron chi connectivity index (χ0n) is 14.8. The minimum absolute atomic E-state index is 0.186. The van der Waals surface area contributed by atoms with Gasteiger partial charge in [0.2, 0.25) is 0 Å². The Labute approximate surface area is 148 Å². The molecule has 5 aliphatic rings. The molecular weight excluding hydrogens is 310 g/mol. The summed E-state index contributed by atoms with van der Waals surface area (Å²) in [6, 6.07) is 0.351. The van der Waals surface area contributed by atoms with Crippen LogP contribution in [0.2, 0.25) is 0 Å². The van der Waals surface area contributed by atoms with E-state index in [1.807, 2.05) is 7.05 Å². The Morgan fingerprint density at radius 2 is 1.64 bits per heavy atom. The highest BCUT2D eigenvalue weighted by atomic mass is 15.2. The zero-order chi connectivity index (χ0) is 16.9. The molecule has 1 saturated heterocycles. The largest absolute Gasteiger partial charge is 0.382 e. The number of hydrogen-bond acceptors (Lipinski definition) is 5. The highest BCUT2D eigenvalue weighted by molar-refractivity contribution is 6.03. The summed E-state index contributed by atoms with van der Waals surface area (Å²) < 4.78 is 0. The topological polar surface area (TPSA) is 61.1 Å². The van der Waals surface area contributed by atoms with Crippen LogP contribution >= 0.6 is 0 Å². The molecule has 5 heteroatoms. The molecule has 8 bridgehead atoms. The first-order chi connectivity index (χ1) is 12.2. The molecule has 130 valence electrons. The van der Waals surface area contributed by atoms with Crippen LogP contribution in [0.25, 0.3) is 0 Å². The first-order valence-electron chi connectivity index (χ1n) is 9.53. The molecule has 0 spiro atoms. The van der Waals surface area contributed by atoms with Gasteiger partial charge in [-0.3, -0.25) is 20.3 Å². The number of fused-ring (bicyclic) bond motifs is 6. The predicted molar refractivity (Wildman–Crippen MR) is 102 cm³/mol. The molecule has 5 heterocycles. The average molecular weight is 335 g/mol. The van der Waals surface area contributed by atoms with E-state index < -0.39 is 0 Å². The fraction of sp³-hybridized carbons (Fsp3) is 0.550. The van der Waals surface area contributed by atoms with Gasteiger partial charge in [-0.15, -0.1) is 0 Å².